The van der Waals surface area contributed by atoms with Crippen molar-refractivity contribution in [3.8, 4) is 5.75 Å². The summed E-state index contributed by atoms with van der Waals surface area (Å²) in [5.41, 5.74) is -3.80. The molecule has 16 heteroatoms. The number of hydrogen-bond donors (Lipinski definition) is 1. The zero-order chi connectivity index (χ0) is 28.7. The zero-order valence-corrected chi connectivity index (χ0v) is 21.1. The highest BCUT2D eigenvalue weighted by Gasteiger charge is 2.41. The molecule has 0 unspecified atom stereocenters. The Labute approximate surface area is 223 Å². The van der Waals surface area contributed by atoms with Crippen LogP contribution in [-0.4, -0.2) is 84.1 Å². The predicted octanol–water partition coefficient (Wildman–Crippen LogP) is 2.69. The number of amides is 1. The number of carbonyl (C=O) groups is 1. The molecule has 0 spiro atoms. The quantitative estimate of drug-likeness (QED) is 0.414. The fraction of sp³-hybridized carbons (Fsp3) is 0.583. The average molecular weight is 576 g/mol. The van der Waals surface area contributed by atoms with Gasteiger partial charge in [-0.3, -0.25) is 9.59 Å². The third kappa shape index (κ3) is 5.67. The lowest BCUT2D eigenvalue weighted by Crippen LogP contribution is -2.58. The number of aromatic amines is 1. The van der Waals surface area contributed by atoms with Crippen LogP contribution in [0.25, 0.3) is 0 Å². The standard InChI is InChI=1S/C24H26F6N6O4/c25-23(26,27)14-8-18-21(31-9-14)36-6-5-34(11-16(36)13-40-18)19(37)3-7-39-12-15-2-1-4-35(15)17-10-32-33-22(38)20(17)24(28,29)30/h8-10,15-16H,1-7,11-13H2,(H,33,38)/t15-,16+/m0/s1. The Morgan fingerprint density at radius 2 is 1.90 bits per heavy atom. The monoisotopic (exact) mass is 576 g/mol. The van der Waals surface area contributed by atoms with Crippen LogP contribution in [0.5, 0.6) is 5.75 Å². The first-order valence-corrected chi connectivity index (χ1v) is 12.7. The van der Waals surface area contributed by atoms with Gasteiger partial charge in [0, 0.05) is 32.4 Å². The van der Waals surface area contributed by atoms with Gasteiger partial charge in [-0.1, -0.05) is 0 Å². The first-order valence-electron chi connectivity index (χ1n) is 12.7. The van der Waals surface area contributed by atoms with E-state index in [-0.39, 0.29) is 49.6 Å². The van der Waals surface area contributed by atoms with E-state index >= 15 is 0 Å². The van der Waals surface area contributed by atoms with Crippen LogP contribution in [0.4, 0.5) is 37.8 Å². The van der Waals surface area contributed by atoms with E-state index in [4.69, 9.17) is 9.47 Å². The molecule has 0 aromatic carbocycles. The molecule has 0 saturated carbocycles. The van der Waals surface area contributed by atoms with Crippen molar-refractivity contribution in [1.82, 2.24) is 20.1 Å². The van der Waals surface area contributed by atoms with Gasteiger partial charge in [0.2, 0.25) is 5.91 Å². The second kappa shape index (κ2) is 10.8. The zero-order valence-electron chi connectivity index (χ0n) is 21.1. The molecular formula is C24H26F6N6O4. The Kier molecular flexibility index (Phi) is 7.54. The van der Waals surface area contributed by atoms with E-state index in [9.17, 15) is 35.9 Å². The van der Waals surface area contributed by atoms with Crippen molar-refractivity contribution >= 4 is 17.4 Å². The van der Waals surface area contributed by atoms with Crippen molar-refractivity contribution in [2.45, 2.75) is 43.7 Å². The molecule has 3 aliphatic heterocycles. The number of alkyl halides is 6. The fourth-order valence-corrected chi connectivity index (χ4v) is 5.35. The van der Waals surface area contributed by atoms with Crippen molar-refractivity contribution < 1.29 is 40.6 Å². The molecule has 10 nitrogen and oxygen atoms in total. The van der Waals surface area contributed by atoms with Gasteiger partial charge in [0.1, 0.15) is 12.2 Å². The van der Waals surface area contributed by atoms with Crippen LogP contribution in [0.3, 0.4) is 0 Å². The number of ether oxygens (including phenoxy) is 2. The first-order chi connectivity index (χ1) is 18.9. The van der Waals surface area contributed by atoms with Crippen molar-refractivity contribution in [2.75, 3.05) is 55.8 Å². The van der Waals surface area contributed by atoms with Crippen LogP contribution in [0.2, 0.25) is 0 Å². The maximum atomic E-state index is 13.5. The smallest absolute Gasteiger partial charge is 0.423 e. The average Bonchev–Trinajstić information content (AvgIpc) is 3.37. The number of H-pyrrole nitrogens is 1. The number of rotatable bonds is 6. The van der Waals surface area contributed by atoms with Gasteiger partial charge < -0.3 is 24.2 Å². The molecule has 40 heavy (non-hydrogen) atoms. The van der Waals surface area contributed by atoms with Crippen molar-refractivity contribution in [1.29, 1.82) is 0 Å². The lowest BCUT2D eigenvalue weighted by atomic mass is 10.1. The third-order valence-electron chi connectivity index (χ3n) is 7.28. The molecule has 0 bridgehead atoms. The SMILES string of the molecule is O=C(CCOC[C@@H]1CCCN1c1cn[nH]c(=O)c1C(F)(F)F)N1CCN2c3ncc(C(F)(F)F)cc3OC[C@H]2C1. The summed E-state index contributed by atoms with van der Waals surface area (Å²) in [6, 6.07) is 0.246. The Bertz CT molecular complexity index is 1300. The van der Waals surface area contributed by atoms with E-state index in [0.29, 0.717) is 44.8 Å². The van der Waals surface area contributed by atoms with Crippen molar-refractivity contribution in [2.24, 2.45) is 0 Å². The fourth-order valence-electron chi connectivity index (χ4n) is 5.35. The molecule has 1 amide bonds. The molecule has 5 rings (SSSR count). The lowest BCUT2D eigenvalue weighted by molar-refractivity contribution is -0.139. The maximum Gasteiger partial charge on any atom is 0.423 e. The number of hydrogen-bond acceptors (Lipinski definition) is 8. The minimum Gasteiger partial charge on any atom is -0.487 e. The van der Waals surface area contributed by atoms with E-state index in [2.05, 4.69) is 10.1 Å². The number of pyridine rings is 1. The Balaban J connectivity index is 1.12. The summed E-state index contributed by atoms with van der Waals surface area (Å²) >= 11 is 0. The summed E-state index contributed by atoms with van der Waals surface area (Å²) in [6.07, 6.45) is -6.41. The summed E-state index contributed by atoms with van der Waals surface area (Å²) in [5, 5.41) is 5.36. The molecule has 2 aromatic heterocycles. The summed E-state index contributed by atoms with van der Waals surface area (Å²) in [5.74, 6) is 0.177. The molecule has 218 valence electrons. The molecule has 2 fully saturated rings. The second-order valence-corrected chi connectivity index (χ2v) is 9.81. The molecule has 2 atom stereocenters. The number of fused-ring (bicyclic) bond motifs is 3. The normalized spacial score (nSPS) is 21.2. The van der Waals surface area contributed by atoms with Crippen LogP contribution in [0.1, 0.15) is 30.4 Å². The number of carbonyl (C=O) groups excluding carboxylic acids is 1. The number of halogens is 6. The highest BCUT2D eigenvalue weighted by atomic mass is 19.4. The number of aromatic nitrogens is 3. The van der Waals surface area contributed by atoms with Gasteiger partial charge >= 0.3 is 12.4 Å². The molecule has 2 saturated heterocycles. The highest BCUT2D eigenvalue weighted by Crippen LogP contribution is 2.39. The van der Waals surface area contributed by atoms with Gasteiger partial charge in [-0.05, 0) is 18.9 Å². The van der Waals surface area contributed by atoms with Gasteiger partial charge in [0.25, 0.3) is 5.56 Å². The number of piperazine rings is 1. The highest BCUT2D eigenvalue weighted by molar-refractivity contribution is 5.77. The predicted molar refractivity (Wildman–Crippen MR) is 128 cm³/mol. The summed E-state index contributed by atoms with van der Waals surface area (Å²) < 4.78 is 90.7. The largest absolute Gasteiger partial charge is 0.487 e. The summed E-state index contributed by atoms with van der Waals surface area (Å²) in [6.45, 7) is 1.54. The van der Waals surface area contributed by atoms with E-state index in [0.717, 1.165) is 18.5 Å². The summed E-state index contributed by atoms with van der Waals surface area (Å²) in [7, 11) is 0. The lowest BCUT2D eigenvalue weighted by Gasteiger charge is -2.44. The van der Waals surface area contributed by atoms with E-state index in [1.165, 1.54) is 4.90 Å². The minimum atomic E-state index is -4.84. The number of nitrogens with one attached hydrogen (secondary N) is 1. The second-order valence-electron chi connectivity index (χ2n) is 9.81. The molecule has 2 aromatic rings. The molecule has 3 aliphatic rings. The molecule has 1 N–H and O–H groups in total. The van der Waals surface area contributed by atoms with Gasteiger partial charge in [0.15, 0.2) is 11.6 Å². The topological polar surface area (TPSA) is 104 Å². The van der Waals surface area contributed by atoms with Gasteiger partial charge in [-0.2, -0.15) is 31.4 Å². The van der Waals surface area contributed by atoms with Crippen LogP contribution in [-0.2, 0) is 21.9 Å². The van der Waals surface area contributed by atoms with Crippen LogP contribution >= 0.6 is 0 Å². The van der Waals surface area contributed by atoms with E-state index in [1.54, 1.807) is 4.90 Å². The Hall–Kier alpha value is -3.56. The van der Waals surface area contributed by atoms with Gasteiger partial charge in [-0.25, -0.2) is 10.1 Å². The van der Waals surface area contributed by atoms with Crippen molar-refractivity contribution in [3.63, 3.8) is 0 Å². The Morgan fingerprint density at radius 3 is 2.65 bits per heavy atom. The minimum absolute atomic E-state index is 0.0461. The summed E-state index contributed by atoms with van der Waals surface area (Å²) in [4.78, 5) is 33.5. The molecular weight excluding hydrogens is 550 g/mol. The van der Waals surface area contributed by atoms with Gasteiger partial charge in [0.05, 0.1) is 49.2 Å². The maximum absolute atomic E-state index is 13.5. The van der Waals surface area contributed by atoms with E-state index in [1.807, 2.05) is 10.00 Å². The van der Waals surface area contributed by atoms with Gasteiger partial charge in [-0.15, -0.1) is 0 Å². The first kappa shape index (κ1) is 28.0. The molecule has 0 aliphatic carbocycles. The van der Waals surface area contributed by atoms with Crippen LogP contribution in [0, 0.1) is 0 Å². The van der Waals surface area contributed by atoms with Crippen LogP contribution < -0.4 is 20.1 Å². The molecule has 0 radical (unpaired) electrons. The van der Waals surface area contributed by atoms with Crippen LogP contribution in [0.15, 0.2) is 23.3 Å². The molecule has 5 heterocycles. The van der Waals surface area contributed by atoms with E-state index < -0.39 is 35.1 Å². The Morgan fingerprint density at radius 1 is 1.10 bits per heavy atom. The number of nitrogens with zero attached hydrogens (tertiary/aromatic N) is 5. The van der Waals surface area contributed by atoms with Crippen molar-refractivity contribution in [3.05, 3.63) is 39.9 Å². The number of anilines is 2. The third-order valence-corrected chi connectivity index (χ3v) is 7.28.